The minimum Gasteiger partial charge on any atom is -0.355 e. The predicted molar refractivity (Wildman–Crippen MR) is 150 cm³/mol. The highest BCUT2D eigenvalue weighted by atomic mass is 32.2. The fourth-order valence-corrected chi connectivity index (χ4v) is 5.91. The number of rotatable bonds is 7. The van der Waals surface area contributed by atoms with E-state index in [1.807, 2.05) is 68.4 Å². The third-order valence-electron chi connectivity index (χ3n) is 6.50. The van der Waals surface area contributed by atoms with Gasteiger partial charge in [-0.1, -0.05) is 55.5 Å². The SMILES string of the molecule is CCCNC(=O)CN1C(=O)CSC(c2ccc(F)cc2F)c2c(-c3ccccc3)nn(-c3cccc(C)c3)c21. The molecule has 1 atom stereocenters. The second-order valence-electron chi connectivity index (χ2n) is 9.39. The number of carbonyl (C=O) groups excluding carboxylic acids is 2. The third-order valence-corrected chi connectivity index (χ3v) is 7.74. The molecule has 1 aliphatic heterocycles. The van der Waals surface area contributed by atoms with Gasteiger partial charge in [0.1, 0.15) is 24.0 Å². The van der Waals surface area contributed by atoms with E-state index in [9.17, 15) is 14.0 Å². The lowest BCUT2D eigenvalue weighted by atomic mass is 9.99. The van der Waals surface area contributed by atoms with Crippen LogP contribution < -0.4 is 10.2 Å². The number of anilines is 1. The fraction of sp³-hybridized carbons (Fsp3) is 0.233. The number of hydrogen-bond donors (Lipinski definition) is 1. The highest BCUT2D eigenvalue weighted by Crippen LogP contribution is 2.49. The molecule has 1 N–H and O–H groups in total. The van der Waals surface area contributed by atoms with Crippen molar-refractivity contribution in [2.75, 3.05) is 23.7 Å². The number of fused-ring (bicyclic) bond motifs is 1. The standard InChI is InChI=1S/C30H28F2N4O2S/c1-3-14-33-25(37)17-35-26(38)18-39-29(23-13-12-21(31)16-24(23)32)27-28(20-9-5-4-6-10-20)34-36(30(27)35)22-11-7-8-19(2)15-22/h4-13,15-16,29H,3,14,17-18H2,1-2H3,(H,33,37). The molecule has 0 spiro atoms. The Morgan fingerprint density at radius 2 is 1.87 bits per heavy atom. The van der Waals surface area contributed by atoms with E-state index >= 15 is 4.39 Å². The normalized spacial score (nSPS) is 15.1. The zero-order valence-corrected chi connectivity index (χ0v) is 22.5. The molecule has 3 aromatic carbocycles. The number of hydrogen-bond acceptors (Lipinski definition) is 4. The van der Waals surface area contributed by atoms with Gasteiger partial charge in [-0.3, -0.25) is 14.5 Å². The Morgan fingerprint density at radius 1 is 1.08 bits per heavy atom. The minimum absolute atomic E-state index is 0.000726. The Balaban J connectivity index is 1.81. The van der Waals surface area contributed by atoms with Gasteiger partial charge >= 0.3 is 0 Å². The average Bonchev–Trinajstić information content (AvgIpc) is 3.26. The molecule has 0 saturated carbocycles. The van der Waals surface area contributed by atoms with Gasteiger partial charge in [0.15, 0.2) is 0 Å². The Labute approximate surface area is 230 Å². The van der Waals surface area contributed by atoms with Crippen LogP contribution in [0.4, 0.5) is 14.6 Å². The van der Waals surface area contributed by atoms with Crippen LogP contribution in [0.25, 0.3) is 16.9 Å². The van der Waals surface area contributed by atoms with Crippen molar-refractivity contribution in [1.29, 1.82) is 0 Å². The maximum absolute atomic E-state index is 15.3. The van der Waals surface area contributed by atoms with Gasteiger partial charge in [0.2, 0.25) is 11.8 Å². The Morgan fingerprint density at radius 3 is 2.59 bits per heavy atom. The van der Waals surface area contributed by atoms with Crippen molar-refractivity contribution in [3.63, 3.8) is 0 Å². The molecule has 2 heterocycles. The highest BCUT2D eigenvalue weighted by molar-refractivity contribution is 8.00. The number of aromatic nitrogens is 2. The first-order valence-electron chi connectivity index (χ1n) is 12.8. The largest absolute Gasteiger partial charge is 0.355 e. The number of carbonyl (C=O) groups is 2. The van der Waals surface area contributed by atoms with Gasteiger partial charge in [-0.15, -0.1) is 11.8 Å². The number of benzene rings is 3. The molecule has 0 saturated heterocycles. The van der Waals surface area contributed by atoms with Gasteiger partial charge in [-0.05, 0) is 37.1 Å². The highest BCUT2D eigenvalue weighted by Gasteiger charge is 2.38. The molecule has 200 valence electrons. The van der Waals surface area contributed by atoms with Crippen molar-refractivity contribution >= 4 is 29.4 Å². The van der Waals surface area contributed by atoms with Gasteiger partial charge in [0.25, 0.3) is 0 Å². The molecular weight excluding hydrogens is 518 g/mol. The van der Waals surface area contributed by atoms with Crippen molar-refractivity contribution in [2.24, 2.45) is 0 Å². The second kappa shape index (κ2) is 11.4. The molecule has 0 radical (unpaired) electrons. The van der Waals surface area contributed by atoms with Crippen molar-refractivity contribution < 1.29 is 18.4 Å². The van der Waals surface area contributed by atoms with E-state index < -0.39 is 16.9 Å². The topological polar surface area (TPSA) is 67.2 Å². The quantitative estimate of drug-likeness (QED) is 0.317. The summed E-state index contributed by atoms with van der Waals surface area (Å²) in [6.45, 7) is 4.18. The summed E-state index contributed by atoms with van der Waals surface area (Å²) < 4.78 is 30.8. The van der Waals surface area contributed by atoms with Gasteiger partial charge in [0.05, 0.1) is 22.4 Å². The third kappa shape index (κ3) is 5.45. The lowest BCUT2D eigenvalue weighted by Gasteiger charge is -2.23. The fourth-order valence-electron chi connectivity index (χ4n) is 4.69. The average molecular weight is 547 g/mol. The molecule has 1 aliphatic rings. The van der Waals surface area contributed by atoms with Crippen molar-refractivity contribution in [3.05, 3.63) is 101 Å². The van der Waals surface area contributed by atoms with E-state index in [1.165, 1.54) is 28.8 Å². The van der Waals surface area contributed by atoms with Crippen LogP contribution in [-0.4, -0.2) is 40.4 Å². The van der Waals surface area contributed by atoms with Crippen LogP contribution in [0.2, 0.25) is 0 Å². The van der Waals surface area contributed by atoms with Crippen molar-refractivity contribution in [1.82, 2.24) is 15.1 Å². The number of nitrogens with one attached hydrogen (secondary N) is 1. The summed E-state index contributed by atoms with van der Waals surface area (Å²) in [6.07, 6.45) is 0.756. The molecule has 4 aromatic rings. The predicted octanol–water partition coefficient (Wildman–Crippen LogP) is 5.82. The summed E-state index contributed by atoms with van der Waals surface area (Å²) in [5, 5.41) is 7.14. The van der Waals surface area contributed by atoms with E-state index in [0.29, 0.717) is 29.3 Å². The van der Waals surface area contributed by atoms with Gasteiger partial charge in [0, 0.05) is 29.3 Å². The molecule has 1 unspecified atom stereocenters. The molecule has 1 aromatic heterocycles. The number of halogens is 2. The maximum atomic E-state index is 15.3. The monoisotopic (exact) mass is 546 g/mol. The summed E-state index contributed by atoms with van der Waals surface area (Å²) in [5.74, 6) is -1.59. The summed E-state index contributed by atoms with van der Waals surface area (Å²) in [5.41, 5.74) is 3.85. The van der Waals surface area contributed by atoms with Crippen LogP contribution in [0, 0.1) is 18.6 Å². The van der Waals surface area contributed by atoms with Gasteiger partial charge in [-0.25, -0.2) is 13.5 Å². The Kier molecular flexibility index (Phi) is 7.79. The molecule has 5 rings (SSSR count). The summed E-state index contributed by atoms with van der Waals surface area (Å²) in [6, 6.07) is 20.6. The Bertz CT molecular complexity index is 1520. The lowest BCUT2D eigenvalue weighted by molar-refractivity contribution is -0.122. The van der Waals surface area contributed by atoms with E-state index in [1.54, 1.807) is 4.68 Å². The first-order chi connectivity index (χ1) is 18.9. The smallest absolute Gasteiger partial charge is 0.240 e. The number of nitrogens with zero attached hydrogens (tertiary/aromatic N) is 3. The zero-order chi connectivity index (χ0) is 27.5. The molecule has 2 amide bonds. The van der Waals surface area contributed by atoms with Crippen LogP contribution in [0.15, 0.2) is 72.8 Å². The van der Waals surface area contributed by atoms with E-state index in [4.69, 9.17) is 5.10 Å². The van der Waals surface area contributed by atoms with E-state index in [-0.39, 0.29) is 29.7 Å². The molecule has 0 fully saturated rings. The number of amides is 2. The Hall–Kier alpha value is -3.98. The molecule has 39 heavy (non-hydrogen) atoms. The molecule has 0 bridgehead atoms. The second-order valence-corrected chi connectivity index (χ2v) is 10.5. The molecular formula is C30H28F2N4O2S. The maximum Gasteiger partial charge on any atom is 0.240 e. The molecule has 9 heteroatoms. The summed E-state index contributed by atoms with van der Waals surface area (Å²) >= 11 is 1.24. The van der Waals surface area contributed by atoms with Gasteiger partial charge < -0.3 is 5.32 Å². The van der Waals surface area contributed by atoms with Crippen LogP contribution in [0.5, 0.6) is 0 Å². The van der Waals surface area contributed by atoms with Gasteiger partial charge in [-0.2, -0.15) is 5.10 Å². The van der Waals surface area contributed by atoms with Crippen molar-refractivity contribution in [2.45, 2.75) is 25.5 Å². The number of aryl methyl sites for hydroxylation is 1. The molecule has 6 nitrogen and oxygen atoms in total. The number of thioether (sulfide) groups is 1. The lowest BCUT2D eigenvalue weighted by Crippen LogP contribution is -2.42. The van der Waals surface area contributed by atoms with Crippen LogP contribution in [0.1, 0.15) is 35.3 Å². The summed E-state index contributed by atoms with van der Waals surface area (Å²) in [7, 11) is 0. The zero-order valence-electron chi connectivity index (χ0n) is 21.7. The molecule has 0 aliphatic carbocycles. The van der Waals surface area contributed by atoms with Crippen LogP contribution in [-0.2, 0) is 9.59 Å². The first-order valence-corrected chi connectivity index (χ1v) is 13.8. The first kappa shape index (κ1) is 26.6. The summed E-state index contributed by atoms with van der Waals surface area (Å²) in [4.78, 5) is 28.0. The minimum atomic E-state index is -0.706. The van der Waals surface area contributed by atoms with Crippen molar-refractivity contribution in [3.8, 4) is 16.9 Å². The van der Waals surface area contributed by atoms with Crippen LogP contribution in [0.3, 0.4) is 0 Å². The van der Waals surface area contributed by atoms with E-state index in [2.05, 4.69) is 5.32 Å². The van der Waals surface area contributed by atoms with E-state index in [0.717, 1.165) is 23.6 Å². The van der Waals surface area contributed by atoms with Crippen LogP contribution >= 0.6 is 11.8 Å².